The highest BCUT2D eigenvalue weighted by Crippen LogP contribution is 2.41. The normalized spacial score (nSPS) is 14.5. The summed E-state index contributed by atoms with van der Waals surface area (Å²) in [7, 11) is 0. The van der Waals surface area contributed by atoms with E-state index in [1.165, 1.54) is 13.8 Å². The summed E-state index contributed by atoms with van der Waals surface area (Å²) in [6.45, 7) is 12.6. The van der Waals surface area contributed by atoms with Gasteiger partial charge in [-0.15, -0.1) is 0 Å². The topological polar surface area (TPSA) is 150 Å². The number of imide groups is 1. The zero-order valence-corrected chi connectivity index (χ0v) is 32.3. The molecule has 1 aliphatic rings. The van der Waals surface area contributed by atoms with Crippen LogP contribution in [-0.4, -0.2) is 81.5 Å². The molecule has 55 heavy (non-hydrogen) atoms. The molecule has 294 valence electrons. The van der Waals surface area contributed by atoms with Gasteiger partial charge in [0.1, 0.15) is 30.3 Å². The fourth-order valence-electron chi connectivity index (χ4n) is 6.55. The van der Waals surface area contributed by atoms with E-state index in [-0.39, 0.29) is 30.5 Å². The molecule has 0 bridgehead atoms. The first-order valence-electron chi connectivity index (χ1n) is 18.2. The lowest BCUT2D eigenvalue weighted by Crippen LogP contribution is -2.56. The molecule has 0 aliphatic carbocycles. The third kappa shape index (κ3) is 11.0. The summed E-state index contributed by atoms with van der Waals surface area (Å²) < 4.78 is 31.3. The Hall–Kier alpha value is -5.66. The number of amides is 6. The van der Waals surface area contributed by atoms with Crippen molar-refractivity contribution in [3.05, 3.63) is 95.8 Å². The summed E-state index contributed by atoms with van der Waals surface area (Å²) >= 11 is 0. The minimum atomic E-state index is -1.04. The van der Waals surface area contributed by atoms with Crippen molar-refractivity contribution in [3.8, 4) is 11.1 Å². The van der Waals surface area contributed by atoms with Gasteiger partial charge in [-0.2, -0.15) is 0 Å². The van der Waals surface area contributed by atoms with E-state index in [2.05, 4.69) is 16.0 Å². The molecular weight excluding hydrogens is 710 g/mol. The fourth-order valence-corrected chi connectivity index (χ4v) is 6.55. The predicted octanol–water partition coefficient (Wildman–Crippen LogP) is 4.49. The number of nitrogens with zero attached hydrogens (tertiary/aromatic N) is 3. The van der Waals surface area contributed by atoms with Crippen molar-refractivity contribution in [2.24, 2.45) is 11.3 Å². The van der Waals surface area contributed by atoms with Gasteiger partial charge in [0.2, 0.25) is 23.6 Å². The quantitative estimate of drug-likeness (QED) is 0.145. The van der Waals surface area contributed by atoms with Gasteiger partial charge < -0.3 is 25.4 Å². The summed E-state index contributed by atoms with van der Waals surface area (Å²) in [4.78, 5) is 78.2. The third-order valence-corrected chi connectivity index (χ3v) is 9.28. The van der Waals surface area contributed by atoms with E-state index in [0.29, 0.717) is 18.5 Å². The number of hydrogen-bond donors (Lipinski definition) is 3. The lowest BCUT2D eigenvalue weighted by Gasteiger charge is -2.40. The van der Waals surface area contributed by atoms with Crippen LogP contribution in [0.15, 0.2) is 72.9 Å². The molecule has 14 heteroatoms. The molecule has 3 atom stereocenters. The number of benzene rings is 2. The summed E-state index contributed by atoms with van der Waals surface area (Å²) in [6, 6.07) is 12.2. The van der Waals surface area contributed by atoms with Crippen LogP contribution in [0, 0.1) is 23.0 Å². The van der Waals surface area contributed by atoms with Gasteiger partial charge >= 0.3 is 0 Å². The van der Waals surface area contributed by atoms with E-state index in [4.69, 9.17) is 0 Å². The van der Waals surface area contributed by atoms with Crippen LogP contribution in [0.3, 0.4) is 0 Å². The first kappa shape index (κ1) is 42.1. The Morgan fingerprint density at radius 2 is 1.53 bits per heavy atom. The van der Waals surface area contributed by atoms with Crippen molar-refractivity contribution in [2.45, 2.75) is 79.6 Å². The molecule has 0 radical (unpaired) electrons. The van der Waals surface area contributed by atoms with Crippen molar-refractivity contribution in [1.29, 1.82) is 0 Å². The average molecular weight is 761 g/mol. The maximum absolute atomic E-state index is 15.0. The van der Waals surface area contributed by atoms with Crippen LogP contribution >= 0.6 is 0 Å². The SMILES string of the molecule is CC(=O)N(CCCNC(=O)[C@H](C)NC(=O)[C@@H](NC(=O)CN1C(=O)C=CC1=O)C(C)C)[C@@H](c1cc(-c2cc(F)ccc2F)cn1Cc1ccccc1)C(C)(C)C. The van der Waals surface area contributed by atoms with E-state index in [1.807, 2.05) is 55.7 Å². The number of halogens is 2. The minimum absolute atomic E-state index is 0.105. The lowest BCUT2D eigenvalue weighted by atomic mass is 9.83. The summed E-state index contributed by atoms with van der Waals surface area (Å²) in [5.74, 6) is -4.79. The van der Waals surface area contributed by atoms with Crippen LogP contribution in [-0.2, 0) is 35.3 Å². The number of aromatic nitrogens is 1. The minimum Gasteiger partial charge on any atom is -0.354 e. The largest absolute Gasteiger partial charge is 0.354 e. The number of carbonyl (C=O) groups is 6. The molecule has 0 saturated carbocycles. The Labute approximate surface area is 320 Å². The second-order valence-electron chi connectivity index (χ2n) is 15.1. The fraction of sp³-hybridized carbons (Fsp3) is 0.415. The van der Waals surface area contributed by atoms with Crippen molar-refractivity contribution in [2.75, 3.05) is 19.6 Å². The van der Waals surface area contributed by atoms with Crippen LogP contribution < -0.4 is 16.0 Å². The molecule has 2 heterocycles. The molecule has 3 N–H and O–H groups in total. The molecule has 6 amide bonds. The average Bonchev–Trinajstić information content (AvgIpc) is 3.66. The maximum Gasteiger partial charge on any atom is 0.254 e. The molecule has 2 aromatic carbocycles. The van der Waals surface area contributed by atoms with Gasteiger partial charge in [-0.05, 0) is 54.5 Å². The maximum atomic E-state index is 15.0. The Morgan fingerprint density at radius 3 is 2.13 bits per heavy atom. The molecular formula is C41H50F2N6O6. The number of rotatable bonds is 16. The number of nitrogens with one attached hydrogen (secondary N) is 3. The molecule has 0 unspecified atom stereocenters. The molecule has 12 nitrogen and oxygen atoms in total. The second-order valence-corrected chi connectivity index (χ2v) is 15.1. The van der Waals surface area contributed by atoms with Gasteiger partial charge in [-0.25, -0.2) is 8.78 Å². The highest BCUT2D eigenvalue weighted by atomic mass is 19.1. The number of carbonyl (C=O) groups excluding carboxylic acids is 6. The Kier molecular flexibility index (Phi) is 13.9. The van der Waals surface area contributed by atoms with Gasteiger partial charge in [-0.1, -0.05) is 65.0 Å². The predicted molar refractivity (Wildman–Crippen MR) is 203 cm³/mol. The summed E-state index contributed by atoms with van der Waals surface area (Å²) in [6.07, 6.45) is 4.25. The molecule has 1 aromatic heterocycles. The van der Waals surface area contributed by atoms with Crippen LogP contribution in [0.2, 0.25) is 0 Å². The van der Waals surface area contributed by atoms with Gasteiger partial charge in [0, 0.05) is 61.7 Å². The van der Waals surface area contributed by atoms with Crippen LogP contribution in [0.4, 0.5) is 8.78 Å². The van der Waals surface area contributed by atoms with E-state index in [1.54, 1.807) is 31.0 Å². The molecule has 3 aromatic rings. The van der Waals surface area contributed by atoms with Gasteiger partial charge in [-0.3, -0.25) is 33.7 Å². The third-order valence-electron chi connectivity index (χ3n) is 9.28. The van der Waals surface area contributed by atoms with Crippen molar-refractivity contribution in [1.82, 2.24) is 30.3 Å². The van der Waals surface area contributed by atoms with E-state index in [0.717, 1.165) is 46.5 Å². The molecule has 1 aliphatic heterocycles. The summed E-state index contributed by atoms with van der Waals surface area (Å²) in [5.41, 5.74) is 1.77. The zero-order chi connectivity index (χ0) is 40.6. The van der Waals surface area contributed by atoms with Gasteiger partial charge in [0.05, 0.1) is 6.04 Å². The van der Waals surface area contributed by atoms with E-state index in [9.17, 15) is 33.2 Å². The van der Waals surface area contributed by atoms with Crippen molar-refractivity contribution in [3.63, 3.8) is 0 Å². The van der Waals surface area contributed by atoms with Gasteiger partial charge in [0.25, 0.3) is 11.8 Å². The van der Waals surface area contributed by atoms with E-state index < -0.39 is 71.3 Å². The van der Waals surface area contributed by atoms with Crippen LogP contribution in [0.25, 0.3) is 11.1 Å². The van der Waals surface area contributed by atoms with Crippen molar-refractivity contribution < 1.29 is 37.5 Å². The first-order valence-corrected chi connectivity index (χ1v) is 18.2. The van der Waals surface area contributed by atoms with Crippen LogP contribution in [0.1, 0.15) is 72.2 Å². The van der Waals surface area contributed by atoms with E-state index >= 15 is 4.39 Å². The molecule has 0 fully saturated rings. The Morgan fingerprint density at radius 1 is 0.873 bits per heavy atom. The first-order chi connectivity index (χ1) is 25.9. The number of hydrogen-bond acceptors (Lipinski definition) is 6. The second kappa shape index (κ2) is 18.1. The highest BCUT2D eigenvalue weighted by Gasteiger charge is 2.36. The van der Waals surface area contributed by atoms with Crippen LogP contribution in [0.5, 0.6) is 0 Å². The zero-order valence-electron chi connectivity index (χ0n) is 32.3. The summed E-state index contributed by atoms with van der Waals surface area (Å²) in [5, 5.41) is 7.95. The van der Waals surface area contributed by atoms with Gasteiger partial charge in [0.15, 0.2) is 0 Å². The lowest BCUT2D eigenvalue weighted by molar-refractivity contribution is -0.141. The highest BCUT2D eigenvalue weighted by molar-refractivity contribution is 6.14. The standard InChI is InChI=1S/C41H50F2N6O6/c1-25(2)37(46-34(51)24-49-35(52)16-17-36(49)53)40(55)45-26(3)39(54)44-18-11-19-48(27(4)50)38(41(5,6)7)33-20-29(31-21-30(42)14-15-32(31)43)23-47(33)22-28-12-9-8-10-13-28/h8-10,12-17,20-21,23,25-26,37-38H,11,18-19,22,24H2,1-7H3,(H,44,54)(H,45,55)(H,46,51)/t26-,37-,38-/m0/s1. The Balaban J connectivity index is 1.44. The smallest absolute Gasteiger partial charge is 0.254 e. The molecule has 4 rings (SSSR count). The van der Waals surface area contributed by atoms with Crippen molar-refractivity contribution >= 4 is 35.4 Å². The molecule has 0 spiro atoms. The molecule has 0 saturated heterocycles. The Bertz CT molecular complexity index is 1920. The monoisotopic (exact) mass is 760 g/mol.